The van der Waals surface area contributed by atoms with Gasteiger partial charge in [-0.3, -0.25) is 0 Å². The van der Waals surface area contributed by atoms with Crippen molar-refractivity contribution in [1.82, 2.24) is 10.3 Å². The van der Waals surface area contributed by atoms with Crippen molar-refractivity contribution in [2.24, 2.45) is 0 Å². The Kier molecular flexibility index (Phi) is 5.82. The van der Waals surface area contributed by atoms with Crippen LogP contribution in [-0.2, 0) is 11.3 Å². The van der Waals surface area contributed by atoms with Crippen molar-refractivity contribution in [1.29, 1.82) is 0 Å². The third-order valence-corrected chi connectivity index (χ3v) is 2.41. The molecule has 0 saturated heterocycles. The summed E-state index contributed by atoms with van der Waals surface area (Å²) in [5.41, 5.74) is 1.21. The Bertz CT molecular complexity index is 287. The van der Waals surface area contributed by atoms with Crippen LogP contribution in [0.1, 0.15) is 12.5 Å². The van der Waals surface area contributed by atoms with E-state index >= 15 is 0 Å². The summed E-state index contributed by atoms with van der Waals surface area (Å²) >= 11 is 0. The highest BCUT2D eigenvalue weighted by atomic mass is 16.5. The van der Waals surface area contributed by atoms with Gasteiger partial charge in [0.1, 0.15) is 5.82 Å². The topological polar surface area (TPSA) is 37.4 Å². The number of ether oxygens (including phenoxy) is 1. The van der Waals surface area contributed by atoms with E-state index in [1.807, 2.05) is 19.3 Å². The maximum Gasteiger partial charge on any atom is 0.128 e. The van der Waals surface area contributed by atoms with Crippen molar-refractivity contribution < 1.29 is 4.74 Å². The second-order valence-electron chi connectivity index (χ2n) is 3.72. The number of methoxy groups -OCH3 is 1. The average Bonchev–Trinajstić information content (AvgIpc) is 2.34. The number of nitrogens with zero attached hydrogens (tertiary/aromatic N) is 2. The molecule has 1 aromatic rings. The fraction of sp³-hybridized carbons (Fsp3) is 0.583. The van der Waals surface area contributed by atoms with Crippen molar-refractivity contribution in [3.05, 3.63) is 23.9 Å². The minimum Gasteiger partial charge on any atom is -0.383 e. The molecule has 4 nitrogen and oxygen atoms in total. The number of hydrogen-bond donors (Lipinski definition) is 1. The highest BCUT2D eigenvalue weighted by molar-refractivity contribution is 5.38. The second kappa shape index (κ2) is 7.19. The zero-order valence-corrected chi connectivity index (χ0v) is 10.4. The lowest BCUT2D eigenvalue weighted by Crippen LogP contribution is -2.23. The second-order valence-corrected chi connectivity index (χ2v) is 3.72. The van der Waals surface area contributed by atoms with Crippen LogP contribution in [-0.4, -0.2) is 38.8 Å². The Hall–Kier alpha value is -1.13. The summed E-state index contributed by atoms with van der Waals surface area (Å²) in [5, 5.41) is 3.27. The van der Waals surface area contributed by atoms with E-state index in [1.165, 1.54) is 5.56 Å². The van der Waals surface area contributed by atoms with Crippen molar-refractivity contribution in [2.45, 2.75) is 13.5 Å². The number of aromatic nitrogens is 1. The summed E-state index contributed by atoms with van der Waals surface area (Å²) < 4.78 is 5.03. The van der Waals surface area contributed by atoms with Gasteiger partial charge in [-0.2, -0.15) is 0 Å². The number of anilines is 1. The van der Waals surface area contributed by atoms with E-state index in [9.17, 15) is 0 Å². The highest BCUT2D eigenvalue weighted by Gasteiger charge is 2.01. The minimum absolute atomic E-state index is 0.720. The van der Waals surface area contributed by atoms with Crippen molar-refractivity contribution in [2.75, 3.05) is 38.8 Å². The standard InChI is InChI=1S/C12H21N3O/c1-4-13-9-11-5-6-12(14-10-11)15(2)7-8-16-3/h5-6,10,13H,4,7-9H2,1-3H3. The number of pyridine rings is 1. The Morgan fingerprint density at radius 3 is 2.81 bits per heavy atom. The molecule has 0 atom stereocenters. The Morgan fingerprint density at radius 1 is 1.44 bits per heavy atom. The first-order valence-corrected chi connectivity index (χ1v) is 5.63. The molecule has 0 aliphatic rings. The summed E-state index contributed by atoms with van der Waals surface area (Å²) in [7, 11) is 3.73. The van der Waals surface area contributed by atoms with Crippen LogP contribution in [0.3, 0.4) is 0 Å². The first-order valence-electron chi connectivity index (χ1n) is 5.63. The number of nitrogens with one attached hydrogen (secondary N) is 1. The molecule has 1 heterocycles. The van der Waals surface area contributed by atoms with Crippen LogP contribution in [0.2, 0.25) is 0 Å². The fourth-order valence-electron chi connectivity index (χ4n) is 1.36. The molecule has 0 spiro atoms. The lowest BCUT2D eigenvalue weighted by atomic mass is 10.3. The quantitative estimate of drug-likeness (QED) is 0.755. The number of likely N-dealkylation sites (N-methyl/N-ethyl adjacent to an activating group) is 1. The van der Waals surface area contributed by atoms with E-state index in [0.29, 0.717) is 0 Å². The fourth-order valence-corrected chi connectivity index (χ4v) is 1.36. The first kappa shape index (κ1) is 12.9. The lowest BCUT2D eigenvalue weighted by molar-refractivity contribution is 0.206. The van der Waals surface area contributed by atoms with Gasteiger partial charge in [-0.15, -0.1) is 0 Å². The van der Waals surface area contributed by atoms with Crippen LogP contribution in [0.5, 0.6) is 0 Å². The summed E-state index contributed by atoms with van der Waals surface area (Å²) in [6.07, 6.45) is 1.92. The van der Waals surface area contributed by atoms with Crippen LogP contribution in [0.4, 0.5) is 5.82 Å². The molecule has 1 aromatic heterocycles. The average molecular weight is 223 g/mol. The van der Waals surface area contributed by atoms with E-state index in [-0.39, 0.29) is 0 Å². The van der Waals surface area contributed by atoms with Gasteiger partial charge in [-0.05, 0) is 18.2 Å². The van der Waals surface area contributed by atoms with Gasteiger partial charge >= 0.3 is 0 Å². The normalized spacial score (nSPS) is 10.4. The molecular formula is C12H21N3O. The molecule has 0 aromatic carbocycles. The van der Waals surface area contributed by atoms with E-state index < -0.39 is 0 Å². The third-order valence-electron chi connectivity index (χ3n) is 2.41. The Labute approximate surface area is 97.6 Å². The SMILES string of the molecule is CCNCc1ccc(N(C)CCOC)nc1. The Balaban J connectivity index is 2.49. The molecule has 1 N–H and O–H groups in total. The van der Waals surface area contributed by atoms with Gasteiger partial charge < -0.3 is 15.0 Å². The predicted molar refractivity (Wildman–Crippen MR) is 66.8 cm³/mol. The predicted octanol–water partition coefficient (Wildman–Crippen LogP) is 1.27. The van der Waals surface area contributed by atoms with Gasteiger partial charge in [0.2, 0.25) is 0 Å². The number of hydrogen-bond acceptors (Lipinski definition) is 4. The molecule has 0 radical (unpaired) electrons. The van der Waals surface area contributed by atoms with E-state index in [0.717, 1.165) is 32.1 Å². The van der Waals surface area contributed by atoms with Gasteiger partial charge in [-0.25, -0.2) is 4.98 Å². The Morgan fingerprint density at radius 2 is 2.25 bits per heavy atom. The van der Waals surface area contributed by atoms with E-state index in [1.54, 1.807) is 7.11 Å². The third kappa shape index (κ3) is 4.16. The van der Waals surface area contributed by atoms with E-state index in [2.05, 4.69) is 28.2 Å². The minimum atomic E-state index is 0.720. The maximum absolute atomic E-state index is 5.03. The van der Waals surface area contributed by atoms with Crippen molar-refractivity contribution in [3.63, 3.8) is 0 Å². The number of rotatable bonds is 7. The van der Waals surface area contributed by atoms with Gasteiger partial charge in [0.25, 0.3) is 0 Å². The summed E-state index contributed by atoms with van der Waals surface area (Å²) in [5.74, 6) is 0.984. The van der Waals surface area contributed by atoms with Crippen molar-refractivity contribution >= 4 is 5.82 Å². The first-order chi connectivity index (χ1) is 7.77. The molecule has 4 heteroatoms. The van der Waals surface area contributed by atoms with E-state index in [4.69, 9.17) is 4.74 Å². The molecule has 0 fully saturated rings. The summed E-state index contributed by atoms with van der Waals surface area (Å²) in [6.45, 7) is 5.54. The largest absolute Gasteiger partial charge is 0.383 e. The van der Waals surface area contributed by atoms with Crippen LogP contribution in [0.15, 0.2) is 18.3 Å². The van der Waals surface area contributed by atoms with Gasteiger partial charge in [0, 0.05) is 33.4 Å². The van der Waals surface area contributed by atoms with Crippen molar-refractivity contribution in [3.8, 4) is 0 Å². The maximum atomic E-state index is 5.03. The van der Waals surface area contributed by atoms with Gasteiger partial charge in [-0.1, -0.05) is 13.0 Å². The molecule has 0 bridgehead atoms. The molecule has 1 rings (SSSR count). The molecule has 0 aliphatic carbocycles. The van der Waals surface area contributed by atoms with Crippen LogP contribution in [0, 0.1) is 0 Å². The zero-order chi connectivity index (χ0) is 11.8. The molecule has 16 heavy (non-hydrogen) atoms. The van der Waals surface area contributed by atoms with Gasteiger partial charge in [0.15, 0.2) is 0 Å². The van der Waals surface area contributed by atoms with Gasteiger partial charge in [0.05, 0.1) is 6.61 Å². The summed E-state index contributed by atoms with van der Waals surface area (Å²) in [4.78, 5) is 6.50. The highest BCUT2D eigenvalue weighted by Crippen LogP contribution is 2.09. The molecule has 0 amide bonds. The molecular weight excluding hydrogens is 202 g/mol. The smallest absolute Gasteiger partial charge is 0.128 e. The van der Waals surface area contributed by atoms with Crippen LogP contribution >= 0.6 is 0 Å². The lowest BCUT2D eigenvalue weighted by Gasteiger charge is -2.17. The summed E-state index contributed by atoms with van der Waals surface area (Å²) in [6, 6.07) is 4.15. The molecule has 90 valence electrons. The van der Waals surface area contributed by atoms with Crippen LogP contribution < -0.4 is 10.2 Å². The zero-order valence-electron chi connectivity index (χ0n) is 10.4. The molecule has 0 saturated carbocycles. The van der Waals surface area contributed by atoms with Crippen LogP contribution in [0.25, 0.3) is 0 Å². The monoisotopic (exact) mass is 223 g/mol. The molecule has 0 aliphatic heterocycles. The molecule has 0 unspecified atom stereocenters.